The van der Waals surface area contributed by atoms with E-state index in [4.69, 9.17) is 17.3 Å². The molecule has 3 N–H and O–H groups in total. The molecule has 0 spiro atoms. The van der Waals surface area contributed by atoms with Gasteiger partial charge in [-0.15, -0.1) is 5.10 Å². The average Bonchev–Trinajstić information content (AvgIpc) is 2.75. The largest absolute Gasteiger partial charge is 0.381 e. The molecule has 0 atom stereocenters. The molecule has 0 aliphatic heterocycles. The van der Waals surface area contributed by atoms with E-state index < -0.39 is 0 Å². The summed E-state index contributed by atoms with van der Waals surface area (Å²) in [5, 5.41) is 10.8. The molecule has 19 heavy (non-hydrogen) atoms. The van der Waals surface area contributed by atoms with Crippen LogP contribution >= 0.6 is 11.6 Å². The monoisotopic (exact) mass is 279 g/mol. The topological polar surface area (TPSA) is 85.8 Å². The molecule has 0 bridgehead atoms. The fourth-order valence-electron chi connectivity index (χ4n) is 1.63. The minimum Gasteiger partial charge on any atom is -0.381 e. The number of nitrogens with two attached hydrogens (primary N) is 1. The summed E-state index contributed by atoms with van der Waals surface area (Å²) in [4.78, 5) is 11.6. The summed E-state index contributed by atoms with van der Waals surface area (Å²) >= 11 is 5.88. The van der Waals surface area contributed by atoms with Gasteiger partial charge in [0.1, 0.15) is 6.54 Å². The van der Waals surface area contributed by atoms with Gasteiger partial charge in [-0.05, 0) is 24.1 Å². The molecule has 0 radical (unpaired) electrons. The molecule has 0 saturated heterocycles. The number of benzene rings is 1. The summed E-state index contributed by atoms with van der Waals surface area (Å²) in [5.74, 6) is 0.165. The van der Waals surface area contributed by atoms with Crippen LogP contribution in [0.4, 0.5) is 5.82 Å². The predicted octanol–water partition coefficient (Wildman–Crippen LogP) is 0.873. The molecule has 6 nitrogen and oxygen atoms in total. The van der Waals surface area contributed by atoms with Crippen LogP contribution in [0.1, 0.15) is 5.56 Å². The molecule has 0 fully saturated rings. The minimum atomic E-state index is -0.132. The first-order valence-electron chi connectivity index (χ1n) is 5.80. The van der Waals surface area contributed by atoms with Crippen molar-refractivity contribution in [2.75, 3.05) is 12.3 Å². The lowest BCUT2D eigenvalue weighted by molar-refractivity contribution is -0.121. The van der Waals surface area contributed by atoms with Gasteiger partial charge in [-0.25, -0.2) is 4.68 Å². The second kappa shape index (κ2) is 6.19. The first kappa shape index (κ1) is 13.4. The fourth-order valence-corrected chi connectivity index (χ4v) is 1.85. The molecule has 1 aromatic carbocycles. The summed E-state index contributed by atoms with van der Waals surface area (Å²) in [6.45, 7) is 0.656. The maximum absolute atomic E-state index is 11.6. The van der Waals surface area contributed by atoms with Gasteiger partial charge < -0.3 is 11.1 Å². The number of carbonyl (C=O) groups is 1. The van der Waals surface area contributed by atoms with E-state index in [1.54, 1.807) is 0 Å². The van der Waals surface area contributed by atoms with Gasteiger partial charge in [0.25, 0.3) is 0 Å². The molecule has 2 aromatic rings. The Labute approximate surface area is 115 Å². The molecule has 0 aliphatic carbocycles. The van der Waals surface area contributed by atoms with Crippen molar-refractivity contribution >= 4 is 23.3 Å². The highest BCUT2D eigenvalue weighted by Crippen LogP contribution is 2.10. The number of aromatic nitrogens is 3. The highest BCUT2D eigenvalue weighted by atomic mass is 35.5. The standard InChI is InChI=1S/C12H14ClN5O/c13-10-3-1-2-9(6-10)4-5-15-12(19)8-18-7-11(14)16-17-18/h1-3,6-7H,4-5,8,14H2,(H,15,19). The number of halogens is 1. The second-order valence-corrected chi connectivity index (χ2v) is 4.51. The first-order chi connectivity index (χ1) is 9.13. The number of amides is 1. The average molecular weight is 280 g/mol. The third kappa shape index (κ3) is 4.26. The van der Waals surface area contributed by atoms with Gasteiger partial charge in [-0.2, -0.15) is 0 Å². The first-order valence-corrected chi connectivity index (χ1v) is 6.18. The summed E-state index contributed by atoms with van der Waals surface area (Å²) in [5.41, 5.74) is 6.49. The molecule has 1 aromatic heterocycles. The van der Waals surface area contributed by atoms with Gasteiger partial charge in [0.05, 0.1) is 6.20 Å². The van der Waals surface area contributed by atoms with E-state index in [-0.39, 0.29) is 12.5 Å². The zero-order valence-corrected chi connectivity index (χ0v) is 11.0. The van der Waals surface area contributed by atoms with E-state index in [2.05, 4.69) is 15.6 Å². The van der Waals surface area contributed by atoms with E-state index in [0.717, 1.165) is 12.0 Å². The van der Waals surface area contributed by atoms with Crippen LogP contribution in [0.15, 0.2) is 30.5 Å². The summed E-state index contributed by atoms with van der Waals surface area (Å²) in [7, 11) is 0. The number of nitrogens with zero attached hydrogens (tertiary/aromatic N) is 3. The van der Waals surface area contributed by atoms with Crippen LogP contribution in [0.3, 0.4) is 0 Å². The van der Waals surface area contributed by atoms with Crippen molar-refractivity contribution < 1.29 is 4.79 Å². The Balaban J connectivity index is 1.75. The van der Waals surface area contributed by atoms with Crippen molar-refractivity contribution in [3.8, 4) is 0 Å². The van der Waals surface area contributed by atoms with Crippen LogP contribution in [0, 0.1) is 0 Å². The van der Waals surface area contributed by atoms with Gasteiger partial charge in [-0.3, -0.25) is 4.79 Å². The Morgan fingerprint density at radius 2 is 2.32 bits per heavy atom. The third-order valence-electron chi connectivity index (χ3n) is 2.49. The Kier molecular flexibility index (Phi) is 4.35. The number of nitrogen functional groups attached to an aromatic ring is 1. The second-order valence-electron chi connectivity index (χ2n) is 4.07. The van der Waals surface area contributed by atoms with Crippen molar-refractivity contribution in [2.45, 2.75) is 13.0 Å². The van der Waals surface area contributed by atoms with Gasteiger partial charge in [-0.1, -0.05) is 28.9 Å². The van der Waals surface area contributed by atoms with Gasteiger partial charge >= 0.3 is 0 Å². The molecule has 0 unspecified atom stereocenters. The number of carbonyl (C=O) groups excluding carboxylic acids is 1. The molecule has 100 valence electrons. The quantitative estimate of drug-likeness (QED) is 0.850. The van der Waals surface area contributed by atoms with Crippen LogP contribution in [0.25, 0.3) is 0 Å². The van der Waals surface area contributed by atoms with Gasteiger partial charge in [0, 0.05) is 11.6 Å². The Morgan fingerprint density at radius 1 is 1.47 bits per heavy atom. The summed E-state index contributed by atoms with van der Waals surface area (Å²) < 4.78 is 1.39. The Hall–Kier alpha value is -2.08. The van der Waals surface area contributed by atoms with Crippen LogP contribution in [0.2, 0.25) is 5.02 Å². The molecule has 1 amide bonds. The highest BCUT2D eigenvalue weighted by molar-refractivity contribution is 6.30. The zero-order chi connectivity index (χ0) is 13.7. The predicted molar refractivity (Wildman–Crippen MR) is 72.6 cm³/mol. The van der Waals surface area contributed by atoms with Gasteiger partial charge in [0.15, 0.2) is 5.82 Å². The lowest BCUT2D eigenvalue weighted by Crippen LogP contribution is -2.29. The number of anilines is 1. The van der Waals surface area contributed by atoms with Crippen LogP contribution < -0.4 is 11.1 Å². The fraction of sp³-hybridized carbons (Fsp3) is 0.250. The third-order valence-corrected chi connectivity index (χ3v) is 2.72. The van der Waals surface area contributed by atoms with E-state index in [0.29, 0.717) is 17.4 Å². The zero-order valence-electron chi connectivity index (χ0n) is 10.2. The van der Waals surface area contributed by atoms with Gasteiger partial charge in [0.2, 0.25) is 5.91 Å². The lowest BCUT2D eigenvalue weighted by Gasteiger charge is -2.05. The number of nitrogens with one attached hydrogen (secondary N) is 1. The Bertz CT molecular complexity index is 569. The number of hydrogen-bond donors (Lipinski definition) is 2. The highest BCUT2D eigenvalue weighted by Gasteiger charge is 2.04. The molecule has 7 heteroatoms. The lowest BCUT2D eigenvalue weighted by atomic mass is 10.1. The number of rotatable bonds is 5. The molecular formula is C12H14ClN5O. The maximum atomic E-state index is 11.6. The molecule has 2 rings (SSSR count). The SMILES string of the molecule is Nc1cn(CC(=O)NCCc2cccc(Cl)c2)nn1. The smallest absolute Gasteiger partial charge is 0.241 e. The van der Waals surface area contributed by atoms with Crippen molar-refractivity contribution in [3.63, 3.8) is 0 Å². The Morgan fingerprint density at radius 3 is 3.00 bits per heavy atom. The maximum Gasteiger partial charge on any atom is 0.241 e. The van der Waals surface area contributed by atoms with E-state index in [1.807, 2.05) is 24.3 Å². The normalized spacial score (nSPS) is 10.4. The summed E-state index contributed by atoms with van der Waals surface area (Å²) in [6, 6.07) is 7.55. The van der Waals surface area contributed by atoms with E-state index in [9.17, 15) is 4.79 Å². The van der Waals surface area contributed by atoms with Crippen LogP contribution in [0.5, 0.6) is 0 Å². The van der Waals surface area contributed by atoms with Crippen molar-refractivity contribution in [1.29, 1.82) is 0 Å². The van der Waals surface area contributed by atoms with Crippen molar-refractivity contribution in [1.82, 2.24) is 20.3 Å². The van der Waals surface area contributed by atoms with Crippen LogP contribution in [-0.4, -0.2) is 27.4 Å². The van der Waals surface area contributed by atoms with Crippen molar-refractivity contribution in [3.05, 3.63) is 41.0 Å². The molecule has 0 aliphatic rings. The molecule has 1 heterocycles. The van der Waals surface area contributed by atoms with E-state index >= 15 is 0 Å². The summed E-state index contributed by atoms with van der Waals surface area (Å²) in [6.07, 6.45) is 2.24. The van der Waals surface area contributed by atoms with E-state index in [1.165, 1.54) is 10.9 Å². The number of hydrogen-bond acceptors (Lipinski definition) is 4. The molecular weight excluding hydrogens is 266 g/mol. The van der Waals surface area contributed by atoms with Crippen molar-refractivity contribution in [2.24, 2.45) is 0 Å². The minimum absolute atomic E-state index is 0.111. The van der Waals surface area contributed by atoms with Crippen LogP contribution in [-0.2, 0) is 17.8 Å². The molecule has 0 saturated carbocycles.